The fraction of sp³-hybridized carbons (Fsp3) is 0.368. The number of alkyl halides is 2. The molecule has 1 aliphatic heterocycles. The zero-order chi connectivity index (χ0) is 39.0. The van der Waals surface area contributed by atoms with Crippen molar-refractivity contribution in [1.82, 2.24) is 30.5 Å². The van der Waals surface area contributed by atoms with Crippen LogP contribution in [0.25, 0.3) is 22.5 Å². The van der Waals surface area contributed by atoms with E-state index in [9.17, 15) is 28.3 Å². The molecule has 0 radical (unpaired) electrons. The van der Waals surface area contributed by atoms with Gasteiger partial charge in [0, 0.05) is 66.9 Å². The third kappa shape index (κ3) is 10.5. The van der Waals surface area contributed by atoms with Gasteiger partial charge < -0.3 is 35.4 Å². The zero-order valence-electron chi connectivity index (χ0n) is 30.3. The van der Waals surface area contributed by atoms with Gasteiger partial charge in [-0.25, -0.2) is 9.78 Å². The van der Waals surface area contributed by atoms with E-state index in [2.05, 4.69) is 30.9 Å². The van der Waals surface area contributed by atoms with Crippen LogP contribution in [-0.2, 0) is 22.6 Å². The molecule has 1 saturated heterocycles. The minimum atomic E-state index is -3.11. The van der Waals surface area contributed by atoms with Gasteiger partial charge >= 0.3 is 12.7 Å². The highest BCUT2D eigenvalue weighted by Crippen LogP contribution is 2.38. The van der Waals surface area contributed by atoms with Gasteiger partial charge in [-0.2, -0.15) is 8.78 Å². The second-order valence-electron chi connectivity index (χ2n) is 13.6. The van der Waals surface area contributed by atoms with Crippen molar-refractivity contribution in [3.8, 4) is 28.4 Å². The van der Waals surface area contributed by atoms with Gasteiger partial charge in [0.2, 0.25) is 11.8 Å². The summed E-state index contributed by atoms with van der Waals surface area (Å²) in [5.74, 6) is -0.753. The van der Waals surface area contributed by atoms with Crippen LogP contribution in [0.15, 0.2) is 60.9 Å². The predicted octanol–water partition coefficient (Wildman–Crippen LogP) is 6.12. The lowest BCUT2D eigenvalue weighted by molar-refractivity contribution is -0.119. The van der Waals surface area contributed by atoms with Crippen LogP contribution in [-0.4, -0.2) is 80.8 Å². The third-order valence-corrected chi connectivity index (χ3v) is 8.77. The van der Waals surface area contributed by atoms with Gasteiger partial charge in [-0.1, -0.05) is 35.9 Å². The number of pyridine rings is 3. The van der Waals surface area contributed by atoms with Gasteiger partial charge in [0.1, 0.15) is 11.3 Å². The quantitative estimate of drug-likeness (QED) is 0.117. The molecular formula is C38H42ClF2N7O6. The molecule has 0 bridgehead atoms. The number of hydrogen-bond acceptors (Lipinski definition) is 10. The van der Waals surface area contributed by atoms with Crippen molar-refractivity contribution >= 4 is 35.2 Å². The lowest BCUT2D eigenvalue weighted by atomic mass is 10.0. The summed E-state index contributed by atoms with van der Waals surface area (Å²) >= 11 is 6.91. The molecule has 3 aromatic heterocycles. The molecular weight excluding hydrogens is 724 g/mol. The number of aliphatic hydroxyl groups excluding tert-OH is 1. The summed E-state index contributed by atoms with van der Waals surface area (Å²) in [6.45, 7) is 4.53. The number of aromatic nitrogens is 3. The van der Waals surface area contributed by atoms with Crippen LogP contribution in [0.3, 0.4) is 0 Å². The predicted molar refractivity (Wildman–Crippen MR) is 198 cm³/mol. The maximum absolute atomic E-state index is 13.4. The van der Waals surface area contributed by atoms with E-state index in [1.807, 2.05) is 0 Å². The Bertz CT molecular complexity index is 1980. The van der Waals surface area contributed by atoms with Crippen molar-refractivity contribution in [1.29, 1.82) is 0 Å². The van der Waals surface area contributed by atoms with Gasteiger partial charge in [-0.05, 0) is 69.5 Å². The minimum Gasteiger partial charge on any atom is -0.444 e. The number of carbonyl (C=O) groups is 3. The number of rotatable bonds is 14. The number of amides is 3. The highest BCUT2D eigenvalue weighted by atomic mass is 35.5. The number of aliphatic hydroxyl groups is 1. The monoisotopic (exact) mass is 765 g/mol. The smallest absolute Gasteiger partial charge is 0.410 e. The molecule has 0 saturated carbocycles. The second-order valence-corrected chi connectivity index (χ2v) is 14.0. The van der Waals surface area contributed by atoms with Crippen molar-refractivity contribution < 1.29 is 37.7 Å². The van der Waals surface area contributed by atoms with E-state index >= 15 is 0 Å². The molecule has 0 spiro atoms. The molecule has 1 atom stereocenters. The van der Waals surface area contributed by atoms with Crippen LogP contribution >= 0.6 is 11.6 Å². The number of nitrogens with one attached hydrogen (secondary N) is 3. The summed E-state index contributed by atoms with van der Waals surface area (Å²) in [5.41, 5.74) is 3.29. The van der Waals surface area contributed by atoms with E-state index in [0.717, 1.165) is 0 Å². The number of ether oxygens (including phenoxy) is 2. The first kappa shape index (κ1) is 39.9. The van der Waals surface area contributed by atoms with Crippen molar-refractivity contribution in [3.05, 3.63) is 88.3 Å². The van der Waals surface area contributed by atoms with E-state index in [0.29, 0.717) is 58.6 Å². The molecule has 1 aliphatic rings. The van der Waals surface area contributed by atoms with Gasteiger partial charge in [0.15, 0.2) is 0 Å². The molecule has 4 N–H and O–H groups in total. The van der Waals surface area contributed by atoms with E-state index in [-0.39, 0.29) is 60.5 Å². The number of hydrogen-bond donors (Lipinski definition) is 4. The molecule has 16 heteroatoms. The first-order valence-electron chi connectivity index (χ1n) is 17.3. The van der Waals surface area contributed by atoms with Crippen molar-refractivity contribution in [2.24, 2.45) is 0 Å². The average molecular weight is 766 g/mol. The summed E-state index contributed by atoms with van der Waals surface area (Å²) in [4.78, 5) is 51.9. The van der Waals surface area contributed by atoms with Gasteiger partial charge in [-0.3, -0.25) is 19.6 Å². The Hall–Kier alpha value is -5.25. The Morgan fingerprint density at radius 2 is 1.91 bits per heavy atom. The second kappa shape index (κ2) is 17.7. The fourth-order valence-electron chi connectivity index (χ4n) is 5.75. The SMILES string of the molecule is Cc1c(NC(=O)c2ccc(CN(CCO)C(=O)OC(C)(C)C)cn2)cccc1-c1nccc(-c2ccc(CNC[C@@H]3CCC(=O)N3)c(OC(F)F)n2)c1Cl. The molecule has 1 aromatic carbocycles. The standard InChI is InChI=1S/C38H42ClF2N7O6/c1-22-26(6-5-7-28(22)46-34(51)30-11-8-23(18-44-30)21-48(16-17-49)37(52)54-38(2,3)4)33-32(39)27(14-15-43-33)29-12-9-24(35(47-29)53-36(40)41)19-42-20-25-10-13-31(50)45-25/h5-9,11-12,14-15,18,25,36,42,49H,10,13,16-17,19-21H2,1-4H3,(H,45,50)(H,46,51)/t25-/m0/s1. The number of nitrogens with zero attached hydrogens (tertiary/aromatic N) is 4. The normalized spacial score (nSPS) is 14.2. The summed E-state index contributed by atoms with van der Waals surface area (Å²) in [7, 11) is 0. The molecule has 3 amide bonds. The van der Waals surface area contributed by atoms with E-state index in [4.69, 9.17) is 21.1 Å². The molecule has 0 unspecified atom stereocenters. The van der Waals surface area contributed by atoms with Gasteiger partial charge in [-0.15, -0.1) is 0 Å². The highest BCUT2D eigenvalue weighted by molar-refractivity contribution is 6.35. The topological polar surface area (TPSA) is 168 Å². The maximum atomic E-state index is 13.4. The van der Waals surface area contributed by atoms with Crippen LogP contribution in [0.1, 0.15) is 60.8 Å². The van der Waals surface area contributed by atoms with Crippen LogP contribution in [0.5, 0.6) is 5.88 Å². The number of halogens is 3. The molecule has 5 rings (SSSR count). The minimum absolute atomic E-state index is 0.0170. The number of carbonyl (C=O) groups excluding carboxylic acids is 3. The average Bonchev–Trinajstić information content (AvgIpc) is 3.53. The molecule has 54 heavy (non-hydrogen) atoms. The number of anilines is 1. The van der Waals surface area contributed by atoms with Crippen LogP contribution in [0.4, 0.5) is 19.3 Å². The summed E-state index contributed by atoms with van der Waals surface area (Å²) in [5, 5.41) is 18.6. The first-order chi connectivity index (χ1) is 25.7. The molecule has 286 valence electrons. The Morgan fingerprint density at radius 1 is 1.11 bits per heavy atom. The summed E-state index contributed by atoms with van der Waals surface area (Å²) < 4.78 is 37.1. The first-order valence-corrected chi connectivity index (χ1v) is 17.6. The third-order valence-electron chi connectivity index (χ3n) is 8.39. The van der Waals surface area contributed by atoms with E-state index < -0.39 is 24.2 Å². The van der Waals surface area contributed by atoms with Crippen LogP contribution in [0.2, 0.25) is 5.02 Å². The molecule has 13 nitrogen and oxygen atoms in total. The van der Waals surface area contributed by atoms with Crippen LogP contribution in [0, 0.1) is 6.92 Å². The summed E-state index contributed by atoms with van der Waals surface area (Å²) in [6.07, 6.45) is 3.57. The summed E-state index contributed by atoms with van der Waals surface area (Å²) in [6, 6.07) is 13.3. The Morgan fingerprint density at radius 3 is 2.57 bits per heavy atom. The van der Waals surface area contributed by atoms with E-state index in [1.54, 1.807) is 70.2 Å². The molecule has 1 fully saturated rings. The zero-order valence-corrected chi connectivity index (χ0v) is 31.0. The van der Waals surface area contributed by atoms with Crippen LogP contribution < -0.4 is 20.7 Å². The Balaban J connectivity index is 1.31. The maximum Gasteiger partial charge on any atom is 0.410 e. The largest absolute Gasteiger partial charge is 0.444 e. The number of benzene rings is 1. The molecule has 4 aromatic rings. The lowest BCUT2D eigenvalue weighted by Gasteiger charge is -2.27. The highest BCUT2D eigenvalue weighted by Gasteiger charge is 2.24. The molecule has 0 aliphatic carbocycles. The van der Waals surface area contributed by atoms with Gasteiger partial charge in [0.05, 0.1) is 29.6 Å². The van der Waals surface area contributed by atoms with Crippen molar-refractivity contribution in [2.75, 3.05) is 25.0 Å². The van der Waals surface area contributed by atoms with Crippen molar-refractivity contribution in [3.63, 3.8) is 0 Å². The molecule has 4 heterocycles. The fourth-order valence-corrected chi connectivity index (χ4v) is 6.06. The lowest BCUT2D eigenvalue weighted by Crippen LogP contribution is -2.38. The van der Waals surface area contributed by atoms with E-state index in [1.165, 1.54) is 23.4 Å². The Labute approximate surface area is 316 Å². The van der Waals surface area contributed by atoms with Gasteiger partial charge in [0.25, 0.3) is 5.91 Å². The van der Waals surface area contributed by atoms with Crippen molar-refractivity contribution in [2.45, 2.75) is 71.9 Å². The Kier molecular flexibility index (Phi) is 13.1.